The van der Waals surface area contributed by atoms with Crippen LogP contribution in [0.15, 0.2) is 30.3 Å². The maximum Gasteiger partial charge on any atom is 0.0594 e. The Labute approximate surface area is 152 Å². The molecule has 0 radical (unpaired) electrons. The van der Waals surface area contributed by atoms with Crippen molar-refractivity contribution in [1.29, 1.82) is 0 Å². The lowest BCUT2D eigenvalue weighted by Gasteiger charge is -2.38. The monoisotopic (exact) mass is 344 g/mol. The van der Waals surface area contributed by atoms with Gasteiger partial charge in [0.25, 0.3) is 0 Å². The van der Waals surface area contributed by atoms with Crippen LogP contribution in [0.5, 0.6) is 0 Å². The van der Waals surface area contributed by atoms with Crippen LogP contribution in [0.3, 0.4) is 0 Å². The van der Waals surface area contributed by atoms with Gasteiger partial charge < -0.3 is 9.47 Å². The third-order valence-electron chi connectivity index (χ3n) is 6.26. The van der Waals surface area contributed by atoms with Crippen LogP contribution in [0.25, 0.3) is 0 Å². The molecule has 0 saturated carbocycles. The standard InChI is InChI=1S/C21H32N2O2/c1-2-4-18(5-3-1)16-21-20(22-10-14-25-15-11-22)6-9-23(21)17-19-7-12-24-13-8-19/h1-5,19-21H,6-17H2/t20-,21+/m1/s1. The van der Waals surface area contributed by atoms with Crippen LogP contribution in [0.2, 0.25) is 0 Å². The summed E-state index contributed by atoms with van der Waals surface area (Å²) >= 11 is 0. The van der Waals surface area contributed by atoms with Gasteiger partial charge in [0.15, 0.2) is 0 Å². The van der Waals surface area contributed by atoms with E-state index in [0.717, 1.165) is 45.4 Å². The quantitative estimate of drug-likeness (QED) is 0.819. The number of ether oxygens (including phenoxy) is 2. The van der Waals surface area contributed by atoms with Crippen molar-refractivity contribution in [2.45, 2.75) is 37.8 Å². The first kappa shape index (κ1) is 17.5. The zero-order chi connectivity index (χ0) is 16.9. The summed E-state index contributed by atoms with van der Waals surface area (Å²) in [5.41, 5.74) is 1.48. The van der Waals surface area contributed by atoms with Crippen LogP contribution in [0.1, 0.15) is 24.8 Å². The minimum atomic E-state index is 0.642. The molecular weight excluding hydrogens is 312 g/mol. The van der Waals surface area contributed by atoms with Gasteiger partial charge in [-0.25, -0.2) is 0 Å². The molecule has 3 aliphatic rings. The first-order valence-electron chi connectivity index (χ1n) is 10.1. The molecule has 1 aromatic carbocycles. The van der Waals surface area contributed by atoms with Gasteiger partial charge in [-0.1, -0.05) is 30.3 Å². The lowest BCUT2D eigenvalue weighted by atomic mass is 9.96. The first-order valence-corrected chi connectivity index (χ1v) is 10.1. The van der Waals surface area contributed by atoms with E-state index in [1.807, 2.05) is 0 Å². The molecule has 138 valence electrons. The molecule has 4 rings (SSSR count). The fourth-order valence-electron chi connectivity index (χ4n) is 4.84. The van der Waals surface area contributed by atoms with Gasteiger partial charge in [0.2, 0.25) is 0 Å². The van der Waals surface area contributed by atoms with Crippen LogP contribution in [-0.4, -0.2) is 74.5 Å². The molecule has 0 amide bonds. The van der Waals surface area contributed by atoms with Gasteiger partial charge in [-0.2, -0.15) is 0 Å². The predicted molar refractivity (Wildman–Crippen MR) is 99.8 cm³/mol. The number of rotatable bonds is 5. The Morgan fingerprint density at radius 1 is 0.840 bits per heavy atom. The lowest BCUT2D eigenvalue weighted by Crippen LogP contribution is -2.51. The number of likely N-dealkylation sites (tertiary alicyclic amines) is 1. The molecule has 3 heterocycles. The van der Waals surface area contributed by atoms with Crippen molar-refractivity contribution >= 4 is 0 Å². The number of nitrogens with zero attached hydrogens (tertiary/aromatic N) is 2. The van der Waals surface area contributed by atoms with E-state index >= 15 is 0 Å². The minimum absolute atomic E-state index is 0.642. The summed E-state index contributed by atoms with van der Waals surface area (Å²) in [6, 6.07) is 12.4. The van der Waals surface area contributed by atoms with E-state index in [4.69, 9.17) is 9.47 Å². The van der Waals surface area contributed by atoms with E-state index in [2.05, 4.69) is 40.1 Å². The molecule has 0 aromatic heterocycles. The molecule has 2 atom stereocenters. The van der Waals surface area contributed by atoms with E-state index in [9.17, 15) is 0 Å². The van der Waals surface area contributed by atoms with E-state index in [-0.39, 0.29) is 0 Å². The van der Waals surface area contributed by atoms with E-state index in [1.165, 1.54) is 44.3 Å². The molecule has 25 heavy (non-hydrogen) atoms. The Morgan fingerprint density at radius 3 is 2.32 bits per heavy atom. The number of benzene rings is 1. The van der Waals surface area contributed by atoms with Crippen molar-refractivity contribution in [2.75, 3.05) is 52.6 Å². The van der Waals surface area contributed by atoms with E-state index < -0.39 is 0 Å². The first-order chi connectivity index (χ1) is 12.4. The second kappa shape index (κ2) is 8.63. The lowest BCUT2D eigenvalue weighted by molar-refractivity contribution is 0.00483. The normalized spacial score (nSPS) is 29.9. The molecule has 3 fully saturated rings. The van der Waals surface area contributed by atoms with Gasteiger partial charge >= 0.3 is 0 Å². The second-order valence-corrected chi connectivity index (χ2v) is 7.81. The largest absolute Gasteiger partial charge is 0.381 e. The Balaban J connectivity index is 1.46. The molecule has 3 aliphatic heterocycles. The molecule has 4 heteroatoms. The third-order valence-corrected chi connectivity index (χ3v) is 6.26. The Hall–Kier alpha value is -0.940. The van der Waals surface area contributed by atoms with Gasteiger partial charge in [0, 0.05) is 51.5 Å². The van der Waals surface area contributed by atoms with Crippen molar-refractivity contribution in [1.82, 2.24) is 9.80 Å². The summed E-state index contributed by atoms with van der Waals surface area (Å²) < 4.78 is 11.2. The predicted octanol–water partition coefficient (Wildman–Crippen LogP) is 2.43. The second-order valence-electron chi connectivity index (χ2n) is 7.81. The molecule has 1 aromatic rings. The Morgan fingerprint density at radius 2 is 1.56 bits per heavy atom. The van der Waals surface area contributed by atoms with Crippen LogP contribution in [-0.2, 0) is 15.9 Å². The highest BCUT2D eigenvalue weighted by Crippen LogP contribution is 2.29. The number of morpholine rings is 1. The highest BCUT2D eigenvalue weighted by Gasteiger charge is 2.38. The highest BCUT2D eigenvalue weighted by atomic mass is 16.5. The van der Waals surface area contributed by atoms with Crippen LogP contribution < -0.4 is 0 Å². The fraction of sp³-hybridized carbons (Fsp3) is 0.714. The molecule has 0 aliphatic carbocycles. The van der Waals surface area contributed by atoms with E-state index in [1.54, 1.807) is 0 Å². The molecule has 4 nitrogen and oxygen atoms in total. The average Bonchev–Trinajstić information content (AvgIpc) is 3.06. The highest BCUT2D eigenvalue weighted by molar-refractivity contribution is 5.17. The molecule has 0 spiro atoms. The maximum absolute atomic E-state index is 5.59. The van der Waals surface area contributed by atoms with Crippen molar-refractivity contribution in [3.8, 4) is 0 Å². The van der Waals surface area contributed by atoms with Gasteiger partial charge in [-0.3, -0.25) is 9.80 Å². The van der Waals surface area contributed by atoms with Crippen molar-refractivity contribution in [2.24, 2.45) is 5.92 Å². The summed E-state index contributed by atoms with van der Waals surface area (Å²) in [6.45, 7) is 8.40. The molecular formula is C21H32N2O2. The van der Waals surface area contributed by atoms with Gasteiger partial charge in [0.05, 0.1) is 13.2 Å². The van der Waals surface area contributed by atoms with Gasteiger partial charge in [-0.15, -0.1) is 0 Å². The number of hydrogen-bond acceptors (Lipinski definition) is 4. The summed E-state index contributed by atoms with van der Waals surface area (Å²) in [7, 11) is 0. The minimum Gasteiger partial charge on any atom is -0.381 e. The molecule has 0 unspecified atom stereocenters. The average molecular weight is 344 g/mol. The van der Waals surface area contributed by atoms with Crippen LogP contribution >= 0.6 is 0 Å². The van der Waals surface area contributed by atoms with Crippen LogP contribution in [0.4, 0.5) is 0 Å². The fourth-order valence-corrected chi connectivity index (χ4v) is 4.84. The molecule has 0 N–H and O–H groups in total. The summed E-state index contributed by atoms with van der Waals surface area (Å²) in [5.74, 6) is 0.815. The number of hydrogen-bond donors (Lipinski definition) is 0. The summed E-state index contributed by atoms with van der Waals surface area (Å²) in [5, 5.41) is 0. The molecule has 3 saturated heterocycles. The van der Waals surface area contributed by atoms with Crippen molar-refractivity contribution < 1.29 is 9.47 Å². The van der Waals surface area contributed by atoms with Crippen molar-refractivity contribution in [3.63, 3.8) is 0 Å². The van der Waals surface area contributed by atoms with Crippen molar-refractivity contribution in [3.05, 3.63) is 35.9 Å². The third kappa shape index (κ3) is 4.43. The Kier molecular flexibility index (Phi) is 6.03. The Bertz CT molecular complexity index is 512. The smallest absolute Gasteiger partial charge is 0.0594 e. The topological polar surface area (TPSA) is 24.9 Å². The maximum atomic E-state index is 5.59. The SMILES string of the molecule is c1ccc(C[C@H]2[C@H](N3CCOCC3)CCN2CC2CCOCC2)cc1. The summed E-state index contributed by atoms with van der Waals surface area (Å²) in [4.78, 5) is 5.49. The van der Waals surface area contributed by atoms with Gasteiger partial charge in [-0.05, 0) is 37.2 Å². The zero-order valence-electron chi connectivity index (χ0n) is 15.3. The zero-order valence-corrected chi connectivity index (χ0v) is 15.3. The van der Waals surface area contributed by atoms with E-state index in [0.29, 0.717) is 12.1 Å². The van der Waals surface area contributed by atoms with Gasteiger partial charge in [0.1, 0.15) is 0 Å². The molecule has 0 bridgehead atoms. The summed E-state index contributed by atoms with van der Waals surface area (Å²) in [6.07, 6.45) is 4.94. The van der Waals surface area contributed by atoms with Crippen LogP contribution in [0, 0.1) is 5.92 Å².